The Labute approximate surface area is 108 Å². The second-order valence-corrected chi connectivity index (χ2v) is 5.89. The Morgan fingerprint density at radius 1 is 1.53 bits per heavy atom. The molecule has 1 rings (SSSR count). The number of nitrogens with two attached hydrogens (primary N) is 1. The molecule has 1 amide bonds. The van der Waals surface area contributed by atoms with Crippen molar-refractivity contribution in [2.45, 2.75) is 6.42 Å². The van der Waals surface area contributed by atoms with Gasteiger partial charge in [-0.1, -0.05) is 0 Å². The lowest BCUT2D eigenvalue weighted by Crippen LogP contribution is -2.27. The van der Waals surface area contributed by atoms with E-state index in [1.807, 2.05) is 0 Å². The van der Waals surface area contributed by atoms with Gasteiger partial charge in [0.1, 0.15) is 4.60 Å². The quantitative estimate of drug-likeness (QED) is 0.599. The van der Waals surface area contributed by atoms with Crippen molar-refractivity contribution in [2.75, 3.05) is 12.3 Å². The van der Waals surface area contributed by atoms with E-state index >= 15 is 0 Å². The third-order valence-corrected chi connectivity index (χ3v) is 3.17. The second kappa shape index (κ2) is 6.08. The number of halogens is 1. The zero-order valence-corrected chi connectivity index (χ0v) is 11.3. The van der Waals surface area contributed by atoms with Crippen LogP contribution in [-0.4, -0.2) is 31.6 Å². The summed E-state index contributed by atoms with van der Waals surface area (Å²) >= 11 is 3.15. The van der Waals surface area contributed by atoms with E-state index in [0.717, 1.165) is 0 Å². The fourth-order valence-electron chi connectivity index (χ4n) is 1.12. The normalized spacial score (nSPS) is 11.2. The molecule has 17 heavy (non-hydrogen) atoms. The molecule has 0 unspecified atom stereocenters. The monoisotopic (exact) mass is 321 g/mol. The molecule has 1 aromatic rings. The zero-order chi connectivity index (χ0) is 12.9. The van der Waals surface area contributed by atoms with Crippen molar-refractivity contribution in [2.24, 2.45) is 5.14 Å². The van der Waals surface area contributed by atoms with Gasteiger partial charge in [0, 0.05) is 18.3 Å². The summed E-state index contributed by atoms with van der Waals surface area (Å²) in [5.41, 5.74) is 0.461. The Morgan fingerprint density at radius 3 is 2.82 bits per heavy atom. The number of nitrogens with one attached hydrogen (secondary N) is 1. The number of aromatic nitrogens is 1. The minimum Gasteiger partial charge on any atom is -0.352 e. The maximum Gasteiger partial charge on any atom is 0.251 e. The van der Waals surface area contributed by atoms with Crippen molar-refractivity contribution in [1.29, 1.82) is 0 Å². The number of sulfonamides is 1. The van der Waals surface area contributed by atoms with Gasteiger partial charge < -0.3 is 5.32 Å². The van der Waals surface area contributed by atoms with E-state index in [2.05, 4.69) is 26.2 Å². The summed E-state index contributed by atoms with van der Waals surface area (Å²) in [5.74, 6) is -0.421. The molecule has 0 aliphatic heterocycles. The van der Waals surface area contributed by atoms with Crippen molar-refractivity contribution in [3.05, 3.63) is 28.5 Å². The highest BCUT2D eigenvalue weighted by Gasteiger charge is 2.06. The molecule has 0 bridgehead atoms. The van der Waals surface area contributed by atoms with Crippen LogP contribution in [0.15, 0.2) is 22.9 Å². The van der Waals surface area contributed by atoms with Crippen LogP contribution in [0.3, 0.4) is 0 Å². The van der Waals surface area contributed by atoms with Gasteiger partial charge in [0.25, 0.3) is 5.91 Å². The van der Waals surface area contributed by atoms with Crippen LogP contribution >= 0.6 is 15.9 Å². The molecule has 0 aliphatic rings. The van der Waals surface area contributed by atoms with E-state index < -0.39 is 10.0 Å². The standard InChI is InChI=1S/C9H12BrN3O3S/c10-8-6-7(2-4-12-8)9(14)13-3-1-5-17(11,15)16/h2,4,6H,1,3,5H2,(H,13,14)(H2,11,15,16). The molecule has 1 aromatic heterocycles. The van der Waals surface area contributed by atoms with E-state index in [1.165, 1.54) is 6.20 Å². The molecule has 0 saturated carbocycles. The molecular formula is C9H12BrN3O3S. The number of amides is 1. The number of carbonyl (C=O) groups excluding carboxylic acids is 1. The lowest BCUT2D eigenvalue weighted by Gasteiger charge is -2.04. The maximum absolute atomic E-state index is 11.6. The van der Waals surface area contributed by atoms with Gasteiger partial charge >= 0.3 is 0 Å². The average molecular weight is 322 g/mol. The Balaban J connectivity index is 2.41. The molecule has 94 valence electrons. The first-order chi connectivity index (χ1) is 7.88. The highest BCUT2D eigenvalue weighted by Crippen LogP contribution is 2.07. The van der Waals surface area contributed by atoms with Gasteiger partial charge in [0.05, 0.1) is 5.75 Å². The number of primary sulfonamides is 1. The minimum atomic E-state index is -3.46. The average Bonchev–Trinajstić information content (AvgIpc) is 2.23. The summed E-state index contributed by atoms with van der Waals surface area (Å²) in [5, 5.41) is 7.42. The second-order valence-electron chi connectivity index (χ2n) is 3.34. The fourth-order valence-corrected chi connectivity index (χ4v) is 2.03. The number of nitrogens with zero attached hydrogens (tertiary/aromatic N) is 1. The SMILES string of the molecule is NS(=O)(=O)CCCNC(=O)c1ccnc(Br)c1. The first-order valence-corrected chi connectivity index (χ1v) is 7.29. The van der Waals surface area contributed by atoms with Gasteiger partial charge in [-0.05, 0) is 34.5 Å². The number of hydrogen-bond donors (Lipinski definition) is 2. The molecule has 8 heteroatoms. The van der Waals surface area contributed by atoms with Gasteiger partial charge in [-0.15, -0.1) is 0 Å². The largest absolute Gasteiger partial charge is 0.352 e. The number of hydrogen-bond acceptors (Lipinski definition) is 4. The maximum atomic E-state index is 11.6. The summed E-state index contributed by atoms with van der Waals surface area (Å²) < 4.78 is 21.8. The van der Waals surface area contributed by atoms with Crippen molar-refractivity contribution < 1.29 is 13.2 Å². The van der Waals surface area contributed by atoms with Crippen LogP contribution < -0.4 is 10.5 Å². The van der Waals surface area contributed by atoms with E-state index in [4.69, 9.17) is 5.14 Å². The highest BCUT2D eigenvalue weighted by atomic mass is 79.9. The smallest absolute Gasteiger partial charge is 0.251 e. The minimum absolute atomic E-state index is 0.146. The van der Waals surface area contributed by atoms with Gasteiger partial charge in [0.2, 0.25) is 10.0 Å². The summed E-state index contributed by atoms with van der Waals surface area (Å²) in [6.07, 6.45) is 1.79. The summed E-state index contributed by atoms with van der Waals surface area (Å²) in [6.45, 7) is 0.259. The molecule has 0 aromatic carbocycles. The van der Waals surface area contributed by atoms with Gasteiger partial charge in [-0.2, -0.15) is 0 Å². The number of pyridine rings is 1. The van der Waals surface area contributed by atoms with Gasteiger partial charge in [0.15, 0.2) is 0 Å². The Bertz CT molecular complexity index is 504. The molecule has 1 heterocycles. The molecule has 3 N–H and O–H groups in total. The van der Waals surface area contributed by atoms with Crippen molar-refractivity contribution in [1.82, 2.24) is 10.3 Å². The Morgan fingerprint density at radius 2 is 2.24 bits per heavy atom. The van der Waals surface area contributed by atoms with Crippen LogP contribution in [0, 0.1) is 0 Å². The summed E-state index contributed by atoms with van der Waals surface area (Å²) in [6, 6.07) is 3.15. The molecule has 6 nitrogen and oxygen atoms in total. The van der Waals surface area contributed by atoms with Crippen LogP contribution in [0.5, 0.6) is 0 Å². The lowest BCUT2D eigenvalue weighted by atomic mass is 10.2. The Kier molecular flexibility index (Phi) is 5.03. The molecular weight excluding hydrogens is 310 g/mol. The molecule has 0 saturated heterocycles. The predicted molar refractivity (Wildman–Crippen MR) is 66.9 cm³/mol. The van der Waals surface area contributed by atoms with Crippen molar-refractivity contribution in [3.8, 4) is 0 Å². The third-order valence-electron chi connectivity index (χ3n) is 1.88. The Hall–Kier alpha value is -0.990. The van der Waals surface area contributed by atoms with Crippen LogP contribution in [0.4, 0.5) is 0 Å². The van der Waals surface area contributed by atoms with E-state index in [9.17, 15) is 13.2 Å². The van der Waals surface area contributed by atoms with Gasteiger partial charge in [-0.25, -0.2) is 18.5 Å². The summed E-state index contributed by atoms with van der Waals surface area (Å²) in [4.78, 5) is 15.5. The topological polar surface area (TPSA) is 102 Å². The van der Waals surface area contributed by atoms with E-state index in [1.54, 1.807) is 12.1 Å². The number of carbonyl (C=O) groups is 1. The first kappa shape index (κ1) is 14.1. The van der Waals surface area contributed by atoms with Gasteiger partial charge in [-0.3, -0.25) is 4.79 Å². The van der Waals surface area contributed by atoms with Crippen LogP contribution in [0.1, 0.15) is 16.8 Å². The molecule has 0 atom stereocenters. The van der Waals surface area contributed by atoms with E-state index in [0.29, 0.717) is 10.2 Å². The van der Waals surface area contributed by atoms with Crippen LogP contribution in [0.2, 0.25) is 0 Å². The fraction of sp³-hybridized carbons (Fsp3) is 0.333. The third kappa shape index (κ3) is 5.76. The van der Waals surface area contributed by atoms with Crippen molar-refractivity contribution >= 4 is 31.9 Å². The van der Waals surface area contributed by atoms with Crippen molar-refractivity contribution in [3.63, 3.8) is 0 Å². The first-order valence-electron chi connectivity index (χ1n) is 4.79. The zero-order valence-electron chi connectivity index (χ0n) is 8.89. The molecule has 0 spiro atoms. The highest BCUT2D eigenvalue weighted by molar-refractivity contribution is 9.10. The van der Waals surface area contributed by atoms with Crippen LogP contribution in [-0.2, 0) is 10.0 Å². The number of rotatable bonds is 5. The molecule has 0 aliphatic carbocycles. The van der Waals surface area contributed by atoms with E-state index in [-0.39, 0.29) is 24.6 Å². The van der Waals surface area contributed by atoms with Crippen LogP contribution in [0.25, 0.3) is 0 Å². The predicted octanol–water partition coefficient (Wildman–Crippen LogP) is 0.253. The molecule has 0 fully saturated rings. The summed E-state index contributed by atoms with van der Waals surface area (Å²) in [7, 11) is -3.46. The molecule has 0 radical (unpaired) electrons. The lowest BCUT2D eigenvalue weighted by molar-refractivity contribution is 0.0953.